The second-order valence-electron chi connectivity index (χ2n) is 5.88. The maximum Gasteiger partial charge on any atom is 0.317 e. The summed E-state index contributed by atoms with van der Waals surface area (Å²) in [6.45, 7) is 2.77. The van der Waals surface area contributed by atoms with Gasteiger partial charge >= 0.3 is 5.97 Å². The van der Waals surface area contributed by atoms with Gasteiger partial charge in [0.1, 0.15) is 0 Å². The molecule has 1 N–H and O–H groups in total. The van der Waals surface area contributed by atoms with Crippen molar-refractivity contribution in [2.75, 3.05) is 32.7 Å². The van der Waals surface area contributed by atoms with Gasteiger partial charge in [0.2, 0.25) is 5.91 Å². The lowest BCUT2D eigenvalue weighted by atomic mass is 9.92. The number of rotatable bonds is 3. The van der Waals surface area contributed by atoms with Crippen molar-refractivity contribution in [1.82, 2.24) is 9.80 Å². The lowest BCUT2D eigenvalue weighted by Gasteiger charge is -2.36. The minimum absolute atomic E-state index is 0.0822. The van der Waals surface area contributed by atoms with E-state index in [9.17, 15) is 9.59 Å². The average Bonchev–Trinajstić information content (AvgIpc) is 3.00. The fourth-order valence-corrected chi connectivity index (χ4v) is 3.62. The first-order valence-electron chi connectivity index (χ1n) is 7.05. The van der Waals surface area contributed by atoms with E-state index in [4.69, 9.17) is 5.11 Å². The molecular formula is C14H20N2O3. The number of carboxylic acids is 1. The van der Waals surface area contributed by atoms with Crippen molar-refractivity contribution in [3.8, 4) is 0 Å². The Morgan fingerprint density at radius 1 is 1.11 bits per heavy atom. The van der Waals surface area contributed by atoms with Crippen molar-refractivity contribution < 1.29 is 14.7 Å². The summed E-state index contributed by atoms with van der Waals surface area (Å²) in [5, 5.41) is 8.76. The van der Waals surface area contributed by atoms with Gasteiger partial charge in [-0.15, -0.1) is 0 Å². The van der Waals surface area contributed by atoms with E-state index in [1.165, 1.54) is 0 Å². The van der Waals surface area contributed by atoms with Crippen LogP contribution in [0, 0.1) is 17.8 Å². The highest BCUT2D eigenvalue weighted by Gasteiger charge is 2.41. The van der Waals surface area contributed by atoms with Gasteiger partial charge in [0, 0.05) is 32.1 Å². The molecule has 3 aliphatic rings. The molecule has 3 rings (SSSR count). The van der Waals surface area contributed by atoms with Crippen LogP contribution >= 0.6 is 0 Å². The number of piperazine rings is 1. The molecule has 2 bridgehead atoms. The second kappa shape index (κ2) is 4.96. The highest BCUT2D eigenvalue weighted by molar-refractivity contribution is 5.80. The van der Waals surface area contributed by atoms with Crippen molar-refractivity contribution >= 4 is 11.9 Å². The van der Waals surface area contributed by atoms with E-state index >= 15 is 0 Å². The van der Waals surface area contributed by atoms with E-state index in [1.54, 1.807) is 0 Å². The number of hydrogen-bond acceptors (Lipinski definition) is 3. The molecule has 2 fully saturated rings. The summed E-state index contributed by atoms with van der Waals surface area (Å²) < 4.78 is 0. The summed E-state index contributed by atoms with van der Waals surface area (Å²) in [7, 11) is 0. The van der Waals surface area contributed by atoms with Gasteiger partial charge in [-0.3, -0.25) is 14.5 Å². The van der Waals surface area contributed by atoms with E-state index in [0.717, 1.165) is 12.8 Å². The number of nitrogens with zero attached hydrogens (tertiary/aromatic N) is 2. The normalized spacial score (nSPS) is 33.9. The average molecular weight is 264 g/mol. The lowest BCUT2D eigenvalue weighted by Crippen LogP contribution is -2.51. The Bertz CT molecular complexity index is 413. The molecule has 1 saturated heterocycles. The van der Waals surface area contributed by atoms with Gasteiger partial charge in [0.15, 0.2) is 0 Å². The molecule has 5 nitrogen and oxygen atoms in total. The van der Waals surface area contributed by atoms with Gasteiger partial charge in [-0.05, 0) is 24.7 Å². The smallest absolute Gasteiger partial charge is 0.317 e. The molecule has 3 unspecified atom stereocenters. The SMILES string of the molecule is O=C(O)CN1CCN(C(=O)C2CC3C=CC2C3)CC1. The van der Waals surface area contributed by atoms with Crippen LogP contribution in [0.2, 0.25) is 0 Å². The zero-order chi connectivity index (χ0) is 13.4. The van der Waals surface area contributed by atoms with E-state index in [1.807, 2.05) is 9.80 Å². The van der Waals surface area contributed by atoms with Crippen molar-refractivity contribution in [2.24, 2.45) is 17.8 Å². The number of allylic oxidation sites excluding steroid dienone is 2. The van der Waals surface area contributed by atoms with Crippen molar-refractivity contribution in [3.05, 3.63) is 12.2 Å². The van der Waals surface area contributed by atoms with Gasteiger partial charge in [0.25, 0.3) is 0 Å². The van der Waals surface area contributed by atoms with E-state index in [0.29, 0.717) is 38.0 Å². The highest BCUT2D eigenvalue weighted by Crippen LogP contribution is 2.44. The molecule has 0 radical (unpaired) electrons. The highest BCUT2D eigenvalue weighted by atomic mass is 16.4. The Morgan fingerprint density at radius 3 is 2.37 bits per heavy atom. The molecular weight excluding hydrogens is 244 g/mol. The first-order chi connectivity index (χ1) is 9.13. The molecule has 3 atom stereocenters. The maximum absolute atomic E-state index is 12.5. The van der Waals surface area contributed by atoms with Crippen LogP contribution in [0.1, 0.15) is 12.8 Å². The number of carbonyl (C=O) groups is 2. The third kappa shape index (κ3) is 2.52. The van der Waals surface area contributed by atoms with E-state index < -0.39 is 5.97 Å². The Labute approximate surface area is 112 Å². The van der Waals surface area contributed by atoms with Crippen LogP contribution in [0.4, 0.5) is 0 Å². The molecule has 1 aliphatic heterocycles. The number of carbonyl (C=O) groups excluding carboxylic acids is 1. The zero-order valence-corrected chi connectivity index (χ0v) is 11.0. The maximum atomic E-state index is 12.5. The molecule has 5 heteroatoms. The second-order valence-corrected chi connectivity index (χ2v) is 5.88. The van der Waals surface area contributed by atoms with Crippen LogP contribution in [-0.4, -0.2) is 59.5 Å². The van der Waals surface area contributed by atoms with Crippen LogP contribution in [0.15, 0.2) is 12.2 Å². The van der Waals surface area contributed by atoms with Crippen LogP contribution in [-0.2, 0) is 9.59 Å². The predicted molar refractivity (Wildman–Crippen MR) is 69.5 cm³/mol. The monoisotopic (exact) mass is 264 g/mol. The topological polar surface area (TPSA) is 60.9 Å². The van der Waals surface area contributed by atoms with Crippen molar-refractivity contribution in [1.29, 1.82) is 0 Å². The Hall–Kier alpha value is -1.36. The molecule has 1 heterocycles. The standard InChI is InChI=1S/C14H20N2O3/c17-13(18)9-15-3-5-16(6-4-15)14(19)12-8-10-1-2-11(12)7-10/h1-2,10-12H,3-9H2,(H,17,18). The summed E-state index contributed by atoms with van der Waals surface area (Å²) in [5.41, 5.74) is 0. The molecule has 0 aromatic rings. The van der Waals surface area contributed by atoms with E-state index in [2.05, 4.69) is 12.2 Å². The number of fused-ring (bicyclic) bond motifs is 2. The molecule has 0 aromatic carbocycles. The predicted octanol–water partition coefficient (Wildman–Crippen LogP) is 0.427. The summed E-state index contributed by atoms with van der Waals surface area (Å²) in [6.07, 6.45) is 6.61. The number of aliphatic carboxylic acids is 1. The Morgan fingerprint density at radius 2 is 1.84 bits per heavy atom. The first kappa shape index (κ1) is 12.7. The lowest BCUT2D eigenvalue weighted by molar-refractivity contribution is -0.140. The number of hydrogen-bond donors (Lipinski definition) is 1. The minimum atomic E-state index is -0.794. The van der Waals surface area contributed by atoms with E-state index in [-0.39, 0.29) is 18.4 Å². The fraction of sp³-hybridized carbons (Fsp3) is 0.714. The summed E-state index contributed by atoms with van der Waals surface area (Å²) in [5.74, 6) is 0.743. The summed E-state index contributed by atoms with van der Waals surface area (Å²) in [6, 6.07) is 0. The summed E-state index contributed by atoms with van der Waals surface area (Å²) >= 11 is 0. The molecule has 0 aromatic heterocycles. The molecule has 19 heavy (non-hydrogen) atoms. The Balaban J connectivity index is 1.53. The van der Waals surface area contributed by atoms with Gasteiger partial charge in [0.05, 0.1) is 6.54 Å². The number of amides is 1. The summed E-state index contributed by atoms with van der Waals surface area (Å²) in [4.78, 5) is 26.9. The van der Waals surface area contributed by atoms with Gasteiger partial charge in [-0.25, -0.2) is 0 Å². The third-order valence-corrected chi connectivity index (χ3v) is 4.64. The largest absolute Gasteiger partial charge is 0.480 e. The molecule has 1 saturated carbocycles. The first-order valence-corrected chi connectivity index (χ1v) is 7.05. The van der Waals surface area contributed by atoms with Crippen LogP contribution in [0.3, 0.4) is 0 Å². The molecule has 104 valence electrons. The minimum Gasteiger partial charge on any atom is -0.480 e. The van der Waals surface area contributed by atoms with Crippen LogP contribution in [0.5, 0.6) is 0 Å². The van der Waals surface area contributed by atoms with Crippen molar-refractivity contribution in [2.45, 2.75) is 12.8 Å². The Kier molecular flexibility index (Phi) is 3.31. The van der Waals surface area contributed by atoms with Crippen molar-refractivity contribution in [3.63, 3.8) is 0 Å². The quantitative estimate of drug-likeness (QED) is 0.751. The van der Waals surface area contributed by atoms with Gasteiger partial charge in [-0.1, -0.05) is 12.2 Å². The molecule has 0 spiro atoms. The third-order valence-electron chi connectivity index (χ3n) is 4.64. The zero-order valence-electron chi connectivity index (χ0n) is 11.0. The van der Waals surface area contributed by atoms with Gasteiger partial charge in [-0.2, -0.15) is 0 Å². The van der Waals surface area contributed by atoms with Gasteiger partial charge < -0.3 is 10.0 Å². The van der Waals surface area contributed by atoms with Crippen LogP contribution < -0.4 is 0 Å². The number of carboxylic acid groups (broad SMARTS) is 1. The molecule has 2 aliphatic carbocycles. The van der Waals surface area contributed by atoms with Crippen LogP contribution in [0.25, 0.3) is 0 Å². The molecule has 1 amide bonds. The fourth-order valence-electron chi connectivity index (χ4n) is 3.62.